The Morgan fingerprint density at radius 2 is 1.68 bits per heavy atom. The molecule has 2 amide bonds. The van der Waals surface area contributed by atoms with Crippen LogP contribution in [0.25, 0.3) is 11.3 Å². The number of rotatable bonds is 5. The van der Waals surface area contributed by atoms with Crippen molar-refractivity contribution in [2.24, 2.45) is 45.3 Å². The molecule has 0 bridgehead atoms. The van der Waals surface area contributed by atoms with Gasteiger partial charge in [-0.05, 0) is 121 Å². The largest absolute Gasteiger partial charge is 0.462 e. The molecule has 6 aliphatic rings. The van der Waals surface area contributed by atoms with Crippen LogP contribution < -0.4 is 5.32 Å². The maximum Gasteiger partial charge on any atom is 0.318 e. The van der Waals surface area contributed by atoms with E-state index in [1.165, 1.54) is 5.57 Å². The molecule has 0 radical (unpaired) electrons. The predicted octanol–water partition coefficient (Wildman–Crippen LogP) is 9.59. The van der Waals surface area contributed by atoms with Gasteiger partial charge in [0, 0.05) is 25.3 Å². The van der Waals surface area contributed by atoms with Crippen LogP contribution >= 0.6 is 0 Å². The molecule has 5 fully saturated rings. The number of nitrogens with one attached hydrogen (secondary N) is 2. The first-order valence-corrected chi connectivity index (χ1v) is 20.7. The molecule has 53 heavy (non-hydrogen) atoms. The maximum atomic E-state index is 14.6. The third kappa shape index (κ3) is 5.33. The normalized spacial score (nSPS) is 38.9. The van der Waals surface area contributed by atoms with E-state index in [0.29, 0.717) is 24.8 Å². The van der Waals surface area contributed by atoms with Crippen LogP contribution in [0.15, 0.2) is 47.7 Å². The minimum Gasteiger partial charge on any atom is -0.462 e. The number of Topliss-reactive ketones (excluding diaryl/α,β-unsaturated/α-hetero) is 1. The Balaban J connectivity index is 1.09. The van der Waals surface area contributed by atoms with Gasteiger partial charge in [0.25, 0.3) is 0 Å². The monoisotopic (exact) mass is 722 g/mol. The molecular weight excluding hydrogens is 661 g/mol. The van der Waals surface area contributed by atoms with Crippen LogP contribution in [-0.2, 0) is 14.3 Å². The fourth-order valence-corrected chi connectivity index (χ4v) is 14.0. The molecule has 1 aromatic carbocycles. The molecule has 2 heterocycles. The number of H-pyrrole nitrogens is 1. The van der Waals surface area contributed by atoms with E-state index in [4.69, 9.17) is 9.72 Å². The van der Waals surface area contributed by atoms with E-state index in [0.717, 1.165) is 86.9 Å². The minimum absolute atomic E-state index is 0.00722. The van der Waals surface area contributed by atoms with Gasteiger partial charge in [-0.2, -0.15) is 0 Å². The topological polar surface area (TPSA) is 104 Å². The average Bonchev–Trinajstić information content (AvgIpc) is 3.84. The molecule has 2 aromatic rings. The van der Waals surface area contributed by atoms with Crippen molar-refractivity contribution in [1.82, 2.24) is 20.2 Å². The van der Waals surface area contributed by atoms with Gasteiger partial charge in [0.2, 0.25) is 0 Å². The Morgan fingerprint density at radius 3 is 2.40 bits per heavy atom. The van der Waals surface area contributed by atoms with E-state index in [9.17, 15) is 14.4 Å². The number of aromatic nitrogens is 2. The van der Waals surface area contributed by atoms with E-state index in [1.54, 1.807) is 6.92 Å². The highest BCUT2D eigenvalue weighted by Crippen LogP contribution is 2.76. The van der Waals surface area contributed by atoms with Crippen molar-refractivity contribution in [2.45, 2.75) is 144 Å². The van der Waals surface area contributed by atoms with Gasteiger partial charge in [0.1, 0.15) is 11.9 Å². The van der Waals surface area contributed by atoms with Crippen LogP contribution in [0.5, 0.6) is 0 Å². The third-order valence-corrected chi connectivity index (χ3v) is 16.5. The fourth-order valence-electron chi connectivity index (χ4n) is 14.0. The molecule has 9 atom stereocenters. The first-order chi connectivity index (χ1) is 25.1. The number of esters is 1. The summed E-state index contributed by atoms with van der Waals surface area (Å²) in [4.78, 5) is 51.2. The lowest BCUT2D eigenvalue weighted by atomic mass is 9.33. The molecule has 286 valence electrons. The minimum atomic E-state index is -0.641. The Morgan fingerprint density at radius 1 is 0.925 bits per heavy atom. The zero-order chi connectivity index (χ0) is 37.7. The smallest absolute Gasteiger partial charge is 0.318 e. The summed E-state index contributed by atoms with van der Waals surface area (Å²) in [5, 5.41) is 3.63. The van der Waals surface area contributed by atoms with E-state index < -0.39 is 5.54 Å². The van der Waals surface area contributed by atoms with E-state index >= 15 is 0 Å². The highest BCUT2D eigenvalue weighted by atomic mass is 16.5. The molecule has 8 rings (SSSR count). The quantitative estimate of drug-likeness (QED) is 0.299. The number of amides is 2. The number of nitrogens with zero attached hydrogens (tertiary/aromatic N) is 2. The SMILES string of the molecule is CC(=O)O[C@H]1CC[C@]2(C)[C@H]3CC[C@@H]4C5=C(C(C)C)C(=O)C[C@]5(NC(=O)N5CCC[C@H]5c5ncc(-c6ccccc6)[nH]5)CC[C@@]4(C)[C@]3(C)CC[C@H]2C1(C)C. The van der Waals surface area contributed by atoms with E-state index in [-0.39, 0.29) is 63.4 Å². The molecule has 1 aliphatic heterocycles. The molecular formula is C45H62N4O4. The Labute approximate surface area is 316 Å². The highest BCUT2D eigenvalue weighted by Gasteiger charge is 2.70. The molecule has 8 nitrogen and oxygen atoms in total. The van der Waals surface area contributed by atoms with Crippen LogP contribution in [0.4, 0.5) is 4.79 Å². The first kappa shape index (κ1) is 36.6. The van der Waals surface area contributed by atoms with Crippen molar-refractivity contribution >= 4 is 17.8 Å². The van der Waals surface area contributed by atoms with E-state index in [2.05, 4.69) is 70.9 Å². The van der Waals surface area contributed by atoms with E-state index in [1.807, 2.05) is 29.3 Å². The molecule has 8 heteroatoms. The number of aromatic amines is 1. The van der Waals surface area contributed by atoms with Gasteiger partial charge in [0.05, 0.1) is 23.5 Å². The lowest BCUT2D eigenvalue weighted by Crippen LogP contribution is -2.67. The van der Waals surface area contributed by atoms with Crippen molar-refractivity contribution < 1.29 is 19.1 Å². The fraction of sp³-hybridized carbons (Fsp3) is 0.689. The Bertz CT molecular complexity index is 1830. The summed E-state index contributed by atoms with van der Waals surface area (Å²) in [7, 11) is 0. The summed E-state index contributed by atoms with van der Waals surface area (Å²) in [6, 6.07) is 10.0. The Hall–Kier alpha value is -3.42. The second kappa shape index (κ2) is 12.6. The van der Waals surface area contributed by atoms with Crippen molar-refractivity contribution in [3.63, 3.8) is 0 Å². The summed E-state index contributed by atoms with van der Waals surface area (Å²) in [5.41, 5.74) is 3.83. The number of hydrogen-bond donors (Lipinski definition) is 2. The number of allylic oxidation sites excluding steroid dienone is 1. The molecule has 5 aliphatic carbocycles. The molecule has 4 saturated carbocycles. The molecule has 1 aromatic heterocycles. The average molecular weight is 723 g/mol. The van der Waals surface area contributed by atoms with Crippen molar-refractivity contribution in [3.05, 3.63) is 53.5 Å². The maximum absolute atomic E-state index is 14.6. The van der Waals surface area contributed by atoms with Crippen LogP contribution in [0.1, 0.15) is 138 Å². The summed E-state index contributed by atoms with van der Waals surface area (Å²) >= 11 is 0. The summed E-state index contributed by atoms with van der Waals surface area (Å²) in [6.07, 6.45) is 12.2. The summed E-state index contributed by atoms with van der Waals surface area (Å²) < 4.78 is 5.97. The van der Waals surface area contributed by atoms with Crippen molar-refractivity contribution in [2.75, 3.05) is 6.54 Å². The predicted molar refractivity (Wildman–Crippen MR) is 207 cm³/mol. The Kier molecular flexibility index (Phi) is 8.66. The van der Waals surface area contributed by atoms with Gasteiger partial charge in [-0.1, -0.05) is 78.8 Å². The van der Waals surface area contributed by atoms with Crippen molar-refractivity contribution in [3.8, 4) is 11.3 Å². The number of hydrogen-bond acceptors (Lipinski definition) is 5. The van der Waals surface area contributed by atoms with Gasteiger partial charge < -0.3 is 19.9 Å². The van der Waals surface area contributed by atoms with Crippen LogP contribution in [0, 0.1) is 45.3 Å². The standard InChI is InChI=1S/C45H62N4O4/c1-27(2)37-33(51)25-45(48-40(52)49-24-12-15-32(49)39-46-26-31(47-39)29-13-10-9-11-14-29)23-22-43(7)30(38(37)45)16-17-35-42(6)20-19-36(53-28(3)50)41(4,5)34(42)18-21-44(35,43)8/h9-11,13-14,26-27,30,32,34-36H,12,15-25H2,1-8H3,(H,46,47)(H,48,52)/t30-,32+,34+,35-,36+,42+,43-,44-,45-/m1/s1. The zero-order valence-electron chi connectivity index (χ0n) is 33.4. The van der Waals surface area contributed by atoms with Crippen LogP contribution in [0.3, 0.4) is 0 Å². The second-order valence-electron chi connectivity index (χ2n) is 19.6. The number of fused-ring (bicyclic) bond motifs is 7. The highest BCUT2D eigenvalue weighted by molar-refractivity contribution is 6.02. The van der Waals surface area contributed by atoms with Crippen LogP contribution in [0.2, 0.25) is 0 Å². The molecule has 0 unspecified atom stereocenters. The van der Waals surface area contributed by atoms with Gasteiger partial charge in [-0.3, -0.25) is 9.59 Å². The number of likely N-dealkylation sites (tertiary alicyclic amines) is 1. The zero-order valence-corrected chi connectivity index (χ0v) is 33.4. The number of ether oxygens (including phenoxy) is 1. The number of benzene rings is 1. The first-order valence-electron chi connectivity index (χ1n) is 20.7. The number of imidazole rings is 1. The van der Waals surface area contributed by atoms with Gasteiger partial charge >= 0.3 is 12.0 Å². The molecule has 0 spiro atoms. The van der Waals surface area contributed by atoms with Gasteiger partial charge in [-0.25, -0.2) is 9.78 Å². The number of carbonyl (C=O) groups is 3. The third-order valence-electron chi connectivity index (χ3n) is 16.5. The number of ketones is 1. The summed E-state index contributed by atoms with van der Waals surface area (Å²) in [5.74, 6) is 2.27. The van der Waals surface area contributed by atoms with Gasteiger partial charge in [0.15, 0.2) is 5.78 Å². The molecule has 1 saturated heterocycles. The van der Waals surface area contributed by atoms with Crippen LogP contribution in [-0.4, -0.2) is 50.8 Å². The molecule has 2 N–H and O–H groups in total. The number of carbonyl (C=O) groups excluding carboxylic acids is 3. The lowest BCUT2D eigenvalue weighted by Gasteiger charge is -2.72. The summed E-state index contributed by atoms with van der Waals surface area (Å²) in [6.45, 7) is 19.0. The van der Waals surface area contributed by atoms with Crippen molar-refractivity contribution in [1.29, 1.82) is 0 Å². The second-order valence-corrected chi connectivity index (χ2v) is 19.6. The number of urea groups is 1. The lowest BCUT2D eigenvalue weighted by molar-refractivity contribution is -0.231. The van der Waals surface area contributed by atoms with Gasteiger partial charge in [-0.15, -0.1) is 0 Å².